The predicted octanol–water partition coefficient (Wildman–Crippen LogP) is 1.49. The van der Waals surface area contributed by atoms with Crippen molar-refractivity contribution in [3.05, 3.63) is 78.1 Å². The first-order chi connectivity index (χ1) is 12.6. The van der Waals surface area contributed by atoms with Gasteiger partial charge in [-0.1, -0.05) is 12.1 Å². The highest BCUT2D eigenvalue weighted by Crippen LogP contribution is 2.13. The van der Waals surface area contributed by atoms with Crippen LogP contribution in [0.4, 0.5) is 5.69 Å². The summed E-state index contributed by atoms with van der Waals surface area (Å²) >= 11 is 0. The number of imidazole rings is 1. The van der Waals surface area contributed by atoms with Gasteiger partial charge in [0, 0.05) is 36.2 Å². The summed E-state index contributed by atoms with van der Waals surface area (Å²) in [5.41, 5.74) is 8.48. The smallest absolute Gasteiger partial charge is 0.269 e. The second-order valence-electron chi connectivity index (χ2n) is 5.59. The number of aromatic amines is 1. The number of anilines is 1. The first-order valence-corrected chi connectivity index (χ1v) is 7.97. The van der Waals surface area contributed by atoms with Crippen LogP contribution in [-0.4, -0.2) is 33.3 Å². The number of H-pyrrole nitrogens is 1. The highest BCUT2D eigenvalue weighted by molar-refractivity contribution is 6.04. The van der Waals surface area contributed by atoms with Gasteiger partial charge in [0.2, 0.25) is 0 Å². The quantitative estimate of drug-likeness (QED) is 0.536. The Labute approximate surface area is 149 Å². The summed E-state index contributed by atoms with van der Waals surface area (Å²) < 4.78 is 0. The van der Waals surface area contributed by atoms with E-state index in [1.165, 1.54) is 12.5 Å². The van der Waals surface area contributed by atoms with Gasteiger partial charge in [0.05, 0.1) is 12.5 Å². The van der Waals surface area contributed by atoms with Gasteiger partial charge in [0.15, 0.2) is 0 Å². The van der Waals surface area contributed by atoms with E-state index < -0.39 is 0 Å². The van der Waals surface area contributed by atoms with Crippen LogP contribution in [0.5, 0.6) is 0 Å². The molecule has 26 heavy (non-hydrogen) atoms. The second kappa shape index (κ2) is 8.04. The molecule has 0 saturated heterocycles. The highest BCUT2D eigenvalue weighted by Gasteiger charge is 2.12. The molecule has 0 aliphatic heterocycles. The van der Waals surface area contributed by atoms with Crippen LogP contribution in [0.1, 0.15) is 32.5 Å². The van der Waals surface area contributed by atoms with E-state index in [0.717, 1.165) is 5.56 Å². The van der Waals surface area contributed by atoms with Crippen molar-refractivity contribution in [2.45, 2.75) is 6.04 Å². The Balaban J connectivity index is 1.56. The van der Waals surface area contributed by atoms with E-state index >= 15 is 0 Å². The Hall–Kier alpha value is -3.52. The van der Waals surface area contributed by atoms with E-state index in [2.05, 4.69) is 25.6 Å². The fourth-order valence-electron chi connectivity index (χ4n) is 2.32. The van der Waals surface area contributed by atoms with Gasteiger partial charge in [-0.05, 0) is 29.8 Å². The minimum absolute atomic E-state index is 0.219. The van der Waals surface area contributed by atoms with Crippen LogP contribution in [0, 0.1) is 0 Å². The van der Waals surface area contributed by atoms with Crippen molar-refractivity contribution in [1.82, 2.24) is 20.3 Å². The molecule has 3 aromatic rings. The highest BCUT2D eigenvalue weighted by atomic mass is 16.2. The number of hydrogen-bond acceptors (Lipinski definition) is 5. The normalized spacial score (nSPS) is 11.6. The molecule has 8 heteroatoms. The van der Waals surface area contributed by atoms with Crippen molar-refractivity contribution < 1.29 is 9.59 Å². The molecule has 1 atom stereocenters. The molecule has 0 aliphatic carbocycles. The van der Waals surface area contributed by atoms with Crippen LogP contribution in [-0.2, 0) is 0 Å². The van der Waals surface area contributed by atoms with Crippen LogP contribution >= 0.6 is 0 Å². The predicted molar refractivity (Wildman–Crippen MR) is 96.5 cm³/mol. The third-order valence-electron chi connectivity index (χ3n) is 3.76. The first-order valence-electron chi connectivity index (χ1n) is 7.97. The molecule has 1 aromatic carbocycles. The lowest BCUT2D eigenvalue weighted by molar-refractivity contribution is 0.0946. The summed E-state index contributed by atoms with van der Waals surface area (Å²) in [6.45, 7) is 0.264. The zero-order chi connectivity index (χ0) is 18.4. The van der Waals surface area contributed by atoms with Gasteiger partial charge in [-0.3, -0.25) is 14.6 Å². The Bertz CT molecular complexity index is 862. The number of amides is 2. The van der Waals surface area contributed by atoms with Gasteiger partial charge in [-0.25, -0.2) is 4.98 Å². The number of carbonyl (C=O) groups excluding carboxylic acids is 2. The number of aromatic nitrogens is 3. The largest absolute Gasteiger partial charge is 0.349 e. The zero-order valence-electron chi connectivity index (χ0n) is 13.8. The molecule has 8 nitrogen and oxygen atoms in total. The molecular weight excluding hydrogens is 332 g/mol. The molecule has 0 saturated carbocycles. The molecule has 0 fully saturated rings. The zero-order valence-corrected chi connectivity index (χ0v) is 13.8. The van der Waals surface area contributed by atoms with Crippen molar-refractivity contribution in [3.63, 3.8) is 0 Å². The Morgan fingerprint density at radius 3 is 2.42 bits per heavy atom. The fraction of sp³-hybridized carbons (Fsp3) is 0.111. The molecule has 2 amide bonds. The topological polar surface area (TPSA) is 126 Å². The lowest BCUT2D eigenvalue weighted by Gasteiger charge is -2.13. The Kier molecular flexibility index (Phi) is 5.35. The Morgan fingerprint density at radius 2 is 1.77 bits per heavy atom. The average molecular weight is 350 g/mol. The lowest BCUT2D eigenvalue weighted by atomic mass is 10.0. The minimum atomic E-state index is -0.390. The van der Waals surface area contributed by atoms with Crippen LogP contribution in [0.15, 0.2) is 61.3 Å². The molecular formula is C18H18N6O2. The van der Waals surface area contributed by atoms with Gasteiger partial charge >= 0.3 is 0 Å². The van der Waals surface area contributed by atoms with Gasteiger partial charge in [0.25, 0.3) is 11.8 Å². The third-order valence-corrected chi connectivity index (χ3v) is 3.76. The van der Waals surface area contributed by atoms with E-state index in [-0.39, 0.29) is 24.4 Å². The van der Waals surface area contributed by atoms with E-state index in [1.54, 1.807) is 48.8 Å². The van der Waals surface area contributed by atoms with Crippen LogP contribution in [0.3, 0.4) is 0 Å². The molecule has 0 spiro atoms. The van der Waals surface area contributed by atoms with Crippen molar-refractivity contribution in [2.75, 3.05) is 11.9 Å². The summed E-state index contributed by atoms with van der Waals surface area (Å²) in [7, 11) is 0. The summed E-state index contributed by atoms with van der Waals surface area (Å²) in [5.74, 6) is -0.491. The van der Waals surface area contributed by atoms with Crippen molar-refractivity contribution in [2.24, 2.45) is 5.73 Å². The summed E-state index contributed by atoms with van der Waals surface area (Å²) in [6, 6.07) is 9.97. The number of hydrogen-bond donors (Lipinski definition) is 4. The van der Waals surface area contributed by atoms with E-state index in [1.807, 2.05) is 0 Å². The number of rotatable bonds is 6. The maximum absolute atomic E-state index is 12.2. The molecule has 3 rings (SSSR count). The number of benzene rings is 1. The third kappa shape index (κ3) is 4.31. The van der Waals surface area contributed by atoms with E-state index in [9.17, 15) is 9.59 Å². The lowest BCUT2D eigenvalue weighted by Crippen LogP contribution is -2.32. The molecule has 1 unspecified atom stereocenters. The maximum atomic E-state index is 12.2. The summed E-state index contributed by atoms with van der Waals surface area (Å²) in [6.07, 6.45) is 6.09. The summed E-state index contributed by atoms with van der Waals surface area (Å²) in [4.78, 5) is 34.5. The second-order valence-corrected chi connectivity index (χ2v) is 5.59. The maximum Gasteiger partial charge on any atom is 0.269 e. The van der Waals surface area contributed by atoms with Crippen molar-refractivity contribution in [1.29, 1.82) is 0 Å². The van der Waals surface area contributed by atoms with Gasteiger partial charge in [0.1, 0.15) is 5.69 Å². The number of nitrogens with two attached hydrogens (primary N) is 1. The van der Waals surface area contributed by atoms with E-state index in [4.69, 9.17) is 5.73 Å². The molecule has 5 N–H and O–H groups in total. The number of nitrogens with one attached hydrogen (secondary N) is 3. The first kappa shape index (κ1) is 17.3. The van der Waals surface area contributed by atoms with Gasteiger partial charge in [-0.15, -0.1) is 0 Å². The molecule has 0 radical (unpaired) electrons. The molecule has 2 heterocycles. The minimum Gasteiger partial charge on any atom is -0.349 e. The molecule has 0 aliphatic rings. The standard InChI is InChI=1S/C18H18N6O2/c19-15(9-22-18(26)16-10-21-11-23-16)12-1-3-13(4-2-12)17(25)24-14-5-7-20-8-6-14/h1-8,10-11,15H,9,19H2,(H,21,23)(H,22,26)(H,20,24,25). The molecule has 0 bridgehead atoms. The number of pyridine rings is 1. The monoisotopic (exact) mass is 350 g/mol. The molecule has 132 valence electrons. The molecule has 2 aromatic heterocycles. The van der Waals surface area contributed by atoms with Crippen LogP contribution in [0.2, 0.25) is 0 Å². The number of nitrogens with zero attached hydrogens (tertiary/aromatic N) is 2. The van der Waals surface area contributed by atoms with Gasteiger partial charge < -0.3 is 21.4 Å². The average Bonchev–Trinajstić information content (AvgIpc) is 3.21. The van der Waals surface area contributed by atoms with Crippen LogP contribution < -0.4 is 16.4 Å². The SMILES string of the molecule is NC(CNC(=O)c1cnc[nH]1)c1ccc(C(=O)Nc2ccncc2)cc1. The summed E-state index contributed by atoms with van der Waals surface area (Å²) in [5, 5.41) is 5.52. The Morgan fingerprint density at radius 1 is 1.04 bits per heavy atom. The van der Waals surface area contributed by atoms with E-state index in [0.29, 0.717) is 16.9 Å². The van der Waals surface area contributed by atoms with Crippen LogP contribution in [0.25, 0.3) is 0 Å². The number of carbonyl (C=O) groups is 2. The fourth-order valence-corrected chi connectivity index (χ4v) is 2.32. The van der Waals surface area contributed by atoms with Crippen molar-refractivity contribution >= 4 is 17.5 Å². The van der Waals surface area contributed by atoms with Crippen molar-refractivity contribution in [3.8, 4) is 0 Å². The van der Waals surface area contributed by atoms with Gasteiger partial charge in [-0.2, -0.15) is 0 Å².